The summed E-state index contributed by atoms with van der Waals surface area (Å²) in [6.45, 7) is 1.74. The molecule has 4 heteroatoms. The molecular formula is C17H18ClN3. The Morgan fingerprint density at radius 2 is 2.10 bits per heavy atom. The molecule has 2 heterocycles. The van der Waals surface area contributed by atoms with E-state index >= 15 is 0 Å². The molecule has 2 aromatic rings. The molecule has 0 spiro atoms. The van der Waals surface area contributed by atoms with E-state index in [2.05, 4.69) is 27.9 Å². The van der Waals surface area contributed by atoms with Gasteiger partial charge in [-0.05, 0) is 47.9 Å². The Balaban J connectivity index is 1.58. The second kappa shape index (κ2) is 6.64. The summed E-state index contributed by atoms with van der Waals surface area (Å²) in [5.74, 6) is 0.872. The Hall–Kier alpha value is -2.00. The van der Waals surface area contributed by atoms with Crippen LogP contribution in [0.1, 0.15) is 17.5 Å². The van der Waals surface area contributed by atoms with Crippen LogP contribution in [0.25, 0.3) is 0 Å². The number of nitrogens with zero attached hydrogens (tertiary/aromatic N) is 1. The van der Waals surface area contributed by atoms with Crippen molar-refractivity contribution in [2.45, 2.75) is 19.4 Å². The number of hydrogen-bond donors (Lipinski definition) is 2. The van der Waals surface area contributed by atoms with E-state index in [0.717, 1.165) is 35.8 Å². The van der Waals surface area contributed by atoms with E-state index in [-0.39, 0.29) is 0 Å². The van der Waals surface area contributed by atoms with Crippen molar-refractivity contribution in [2.75, 3.05) is 11.9 Å². The van der Waals surface area contributed by atoms with Gasteiger partial charge in [-0.15, -0.1) is 0 Å². The van der Waals surface area contributed by atoms with E-state index in [1.807, 2.05) is 36.5 Å². The first kappa shape index (κ1) is 14.0. The molecule has 3 nitrogen and oxygen atoms in total. The summed E-state index contributed by atoms with van der Waals surface area (Å²) in [7, 11) is 0. The highest BCUT2D eigenvalue weighted by atomic mass is 35.5. The van der Waals surface area contributed by atoms with Crippen molar-refractivity contribution in [3.8, 4) is 0 Å². The second-order valence-corrected chi connectivity index (χ2v) is 5.59. The monoisotopic (exact) mass is 299 g/mol. The van der Waals surface area contributed by atoms with Crippen molar-refractivity contribution in [3.05, 3.63) is 70.5 Å². The third-order valence-corrected chi connectivity index (χ3v) is 3.94. The van der Waals surface area contributed by atoms with Crippen LogP contribution in [0.4, 0.5) is 5.82 Å². The average Bonchev–Trinajstić information content (AvgIpc) is 3.01. The topological polar surface area (TPSA) is 37.0 Å². The normalized spacial score (nSPS) is 13.7. The van der Waals surface area contributed by atoms with Gasteiger partial charge in [-0.2, -0.15) is 0 Å². The van der Waals surface area contributed by atoms with E-state index in [1.165, 1.54) is 11.1 Å². The molecule has 0 aliphatic carbocycles. The number of pyridine rings is 1. The van der Waals surface area contributed by atoms with Gasteiger partial charge >= 0.3 is 0 Å². The standard InChI is InChI=1S/C17H18ClN3/c18-16-4-2-1-3-15(16)12-21-17-6-5-13(11-20-17)9-14-7-8-19-10-14/h1-6,10-11,19H,7-9,12H2,(H,20,21). The van der Waals surface area contributed by atoms with Gasteiger partial charge in [0.15, 0.2) is 0 Å². The molecule has 1 aromatic carbocycles. The fraction of sp³-hybridized carbons (Fsp3) is 0.235. The van der Waals surface area contributed by atoms with Crippen LogP contribution in [0.3, 0.4) is 0 Å². The maximum atomic E-state index is 6.14. The largest absolute Gasteiger partial charge is 0.391 e. The van der Waals surface area contributed by atoms with E-state index in [0.29, 0.717) is 6.54 Å². The molecule has 0 saturated heterocycles. The van der Waals surface area contributed by atoms with Gasteiger partial charge in [-0.1, -0.05) is 35.9 Å². The van der Waals surface area contributed by atoms with E-state index in [4.69, 9.17) is 11.6 Å². The maximum Gasteiger partial charge on any atom is 0.126 e. The predicted molar refractivity (Wildman–Crippen MR) is 87.4 cm³/mol. The molecule has 0 bridgehead atoms. The first-order valence-electron chi connectivity index (χ1n) is 7.15. The SMILES string of the molecule is Clc1ccccc1CNc1ccc(CC2=CNCC2)cn1. The number of rotatable bonds is 5. The molecule has 108 valence electrons. The summed E-state index contributed by atoms with van der Waals surface area (Å²) in [4.78, 5) is 4.46. The zero-order chi connectivity index (χ0) is 14.5. The summed E-state index contributed by atoms with van der Waals surface area (Å²) in [6.07, 6.45) is 6.16. The third kappa shape index (κ3) is 3.76. The molecule has 0 fully saturated rings. The predicted octanol–water partition coefficient (Wildman–Crippen LogP) is 3.77. The zero-order valence-electron chi connectivity index (χ0n) is 11.8. The van der Waals surface area contributed by atoms with Crippen molar-refractivity contribution in [1.82, 2.24) is 10.3 Å². The molecule has 0 unspecified atom stereocenters. The fourth-order valence-electron chi connectivity index (χ4n) is 2.38. The summed E-state index contributed by atoms with van der Waals surface area (Å²) >= 11 is 6.14. The van der Waals surface area contributed by atoms with Gasteiger partial charge in [0, 0.05) is 24.3 Å². The molecule has 2 N–H and O–H groups in total. The van der Waals surface area contributed by atoms with Crippen molar-refractivity contribution in [3.63, 3.8) is 0 Å². The lowest BCUT2D eigenvalue weighted by molar-refractivity contribution is 0.892. The maximum absolute atomic E-state index is 6.14. The van der Waals surface area contributed by atoms with Gasteiger partial charge in [0.2, 0.25) is 0 Å². The highest BCUT2D eigenvalue weighted by Crippen LogP contribution is 2.17. The lowest BCUT2D eigenvalue weighted by Crippen LogP contribution is -2.02. The zero-order valence-corrected chi connectivity index (χ0v) is 12.5. The number of anilines is 1. The first-order chi connectivity index (χ1) is 10.3. The van der Waals surface area contributed by atoms with Crippen molar-refractivity contribution in [1.29, 1.82) is 0 Å². The summed E-state index contributed by atoms with van der Waals surface area (Å²) in [5, 5.41) is 7.32. The minimum Gasteiger partial charge on any atom is -0.391 e. The van der Waals surface area contributed by atoms with Crippen LogP contribution < -0.4 is 10.6 Å². The third-order valence-electron chi connectivity index (χ3n) is 3.57. The van der Waals surface area contributed by atoms with Crippen molar-refractivity contribution < 1.29 is 0 Å². The average molecular weight is 300 g/mol. The fourth-order valence-corrected chi connectivity index (χ4v) is 2.59. The Bertz CT molecular complexity index is 635. The van der Waals surface area contributed by atoms with Gasteiger partial charge in [0.25, 0.3) is 0 Å². The van der Waals surface area contributed by atoms with Crippen molar-refractivity contribution >= 4 is 17.4 Å². The van der Waals surface area contributed by atoms with Crippen LogP contribution in [-0.4, -0.2) is 11.5 Å². The lowest BCUT2D eigenvalue weighted by atomic mass is 10.1. The van der Waals surface area contributed by atoms with Gasteiger partial charge in [0.1, 0.15) is 5.82 Å². The number of halogens is 1. The Labute approximate surface area is 130 Å². The molecule has 0 amide bonds. The second-order valence-electron chi connectivity index (χ2n) is 5.18. The highest BCUT2D eigenvalue weighted by molar-refractivity contribution is 6.31. The van der Waals surface area contributed by atoms with Gasteiger partial charge in [0.05, 0.1) is 0 Å². The minimum absolute atomic E-state index is 0.682. The molecule has 3 rings (SSSR count). The summed E-state index contributed by atoms with van der Waals surface area (Å²) in [6, 6.07) is 12.0. The highest BCUT2D eigenvalue weighted by Gasteiger charge is 2.05. The Kier molecular flexibility index (Phi) is 4.41. The van der Waals surface area contributed by atoms with Crippen LogP contribution in [0, 0.1) is 0 Å². The van der Waals surface area contributed by atoms with Gasteiger partial charge < -0.3 is 10.6 Å². The van der Waals surface area contributed by atoms with E-state index in [1.54, 1.807) is 0 Å². The van der Waals surface area contributed by atoms with E-state index < -0.39 is 0 Å². The number of nitrogens with one attached hydrogen (secondary N) is 2. The van der Waals surface area contributed by atoms with Gasteiger partial charge in [-0.3, -0.25) is 0 Å². The van der Waals surface area contributed by atoms with Crippen LogP contribution in [0.2, 0.25) is 5.02 Å². The van der Waals surface area contributed by atoms with Crippen LogP contribution in [0.15, 0.2) is 54.4 Å². The summed E-state index contributed by atoms with van der Waals surface area (Å²) in [5.41, 5.74) is 3.76. The van der Waals surface area contributed by atoms with E-state index in [9.17, 15) is 0 Å². The number of hydrogen-bond acceptors (Lipinski definition) is 3. The number of aromatic nitrogens is 1. The van der Waals surface area contributed by atoms with Crippen molar-refractivity contribution in [2.24, 2.45) is 0 Å². The quantitative estimate of drug-likeness (QED) is 0.882. The Morgan fingerprint density at radius 1 is 1.19 bits per heavy atom. The summed E-state index contributed by atoms with van der Waals surface area (Å²) < 4.78 is 0. The smallest absolute Gasteiger partial charge is 0.126 e. The molecule has 21 heavy (non-hydrogen) atoms. The Morgan fingerprint density at radius 3 is 2.81 bits per heavy atom. The molecule has 0 atom stereocenters. The first-order valence-corrected chi connectivity index (χ1v) is 7.52. The molecular weight excluding hydrogens is 282 g/mol. The van der Waals surface area contributed by atoms with Crippen LogP contribution in [-0.2, 0) is 13.0 Å². The number of benzene rings is 1. The molecule has 0 saturated carbocycles. The molecule has 0 radical (unpaired) electrons. The van der Waals surface area contributed by atoms with Crippen LogP contribution >= 0.6 is 11.6 Å². The van der Waals surface area contributed by atoms with Gasteiger partial charge in [-0.25, -0.2) is 4.98 Å². The molecule has 1 aliphatic heterocycles. The lowest BCUT2D eigenvalue weighted by Gasteiger charge is -2.08. The molecule has 1 aromatic heterocycles. The minimum atomic E-state index is 0.682. The molecule has 1 aliphatic rings. The van der Waals surface area contributed by atoms with Crippen LogP contribution in [0.5, 0.6) is 0 Å².